The second-order valence-electron chi connectivity index (χ2n) is 4.70. The van der Waals surface area contributed by atoms with Crippen LogP contribution < -0.4 is 10.3 Å². The smallest absolute Gasteiger partial charge is 0.271 e. The van der Waals surface area contributed by atoms with E-state index in [0.717, 1.165) is 18.7 Å². The molecule has 0 radical (unpaired) electrons. The predicted molar refractivity (Wildman–Crippen MR) is 92.9 cm³/mol. The Morgan fingerprint density at radius 1 is 1.13 bits per heavy atom. The number of nitrogens with one attached hydrogen (secondary N) is 1. The van der Waals surface area contributed by atoms with Crippen LogP contribution in [-0.2, 0) is 0 Å². The number of amides is 1. The highest BCUT2D eigenvalue weighted by atomic mass is 16.2. The van der Waals surface area contributed by atoms with Gasteiger partial charge in [-0.25, -0.2) is 5.43 Å². The number of rotatable bonds is 6. The highest BCUT2D eigenvalue weighted by molar-refractivity contribution is 5.94. The number of benzene rings is 1. The van der Waals surface area contributed by atoms with Crippen LogP contribution in [-0.4, -0.2) is 35.7 Å². The minimum absolute atomic E-state index is 0. The molecule has 0 bridgehead atoms. The number of aromatic nitrogens is 1. The third-order valence-corrected chi connectivity index (χ3v) is 3.34. The molecule has 122 valence electrons. The zero-order valence-corrected chi connectivity index (χ0v) is 13.4. The van der Waals surface area contributed by atoms with Crippen molar-refractivity contribution < 1.29 is 10.3 Å². The Hall–Kier alpha value is -2.73. The number of hydrogen-bond donors (Lipinski definition) is 1. The minimum atomic E-state index is -0.251. The van der Waals surface area contributed by atoms with Crippen molar-refractivity contribution in [2.45, 2.75) is 13.8 Å². The molecule has 0 aliphatic carbocycles. The molecule has 0 fully saturated rings. The van der Waals surface area contributed by atoms with E-state index in [2.05, 4.69) is 46.4 Å². The molecule has 1 aromatic heterocycles. The number of hydrazone groups is 1. The fourth-order valence-corrected chi connectivity index (χ4v) is 2.09. The van der Waals surface area contributed by atoms with Gasteiger partial charge in [0, 0.05) is 36.7 Å². The molecular weight excluding hydrogens is 292 g/mol. The Kier molecular flexibility index (Phi) is 7.42. The van der Waals surface area contributed by atoms with Crippen LogP contribution in [0.2, 0.25) is 0 Å². The maximum Gasteiger partial charge on any atom is 0.271 e. The van der Waals surface area contributed by atoms with Gasteiger partial charge in [0.25, 0.3) is 5.91 Å². The lowest BCUT2D eigenvalue weighted by molar-refractivity contribution is 0.0955. The Bertz CT molecular complexity index is 623. The molecule has 0 saturated heterocycles. The van der Waals surface area contributed by atoms with Crippen molar-refractivity contribution in [3.63, 3.8) is 0 Å². The van der Waals surface area contributed by atoms with E-state index in [9.17, 15) is 4.79 Å². The molecule has 6 heteroatoms. The molecule has 0 spiro atoms. The van der Waals surface area contributed by atoms with Gasteiger partial charge in [-0.05, 0) is 43.7 Å². The highest BCUT2D eigenvalue weighted by Crippen LogP contribution is 2.13. The summed E-state index contributed by atoms with van der Waals surface area (Å²) in [5.74, 6) is -0.251. The maximum absolute atomic E-state index is 11.8. The molecule has 2 aromatic rings. The van der Waals surface area contributed by atoms with Crippen LogP contribution in [0.15, 0.2) is 53.9 Å². The molecule has 23 heavy (non-hydrogen) atoms. The topological polar surface area (TPSA) is 89.1 Å². The van der Waals surface area contributed by atoms with E-state index in [1.807, 2.05) is 12.1 Å². The number of anilines is 1. The average Bonchev–Trinajstić information content (AvgIpc) is 2.58. The lowest BCUT2D eigenvalue weighted by atomic mass is 10.2. The molecule has 2 rings (SSSR count). The van der Waals surface area contributed by atoms with Gasteiger partial charge in [0.05, 0.1) is 6.21 Å². The number of carbonyl (C=O) groups is 1. The first-order valence-electron chi connectivity index (χ1n) is 7.33. The van der Waals surface area contributed by atoms with Gasteiger partial charge in [-0.1, -0.05) is 12.1 Å². The van der Waals surface area contributed by atoms with Gasteiger partial charge in [0.2, 0.25) is 0 Å². The Morgan fingerprint density at radius 2 is 1.74 bits per heavy atom. The molecule has 0 unspecified atom stereocenters. The summed E-state index contributed by atoms with van der Waals surface area (Å²) in [5, 5.41) is 3.97. The quantitative estimate of drug-likeness (QED) is 0.652. The monoisotopic (exact) mass is 314 g/mol. The first kappa shape index (κ1) is 18.3. The Morgan fingerprint density at radius 3 is 2.30 bits per heavy atom. The molecule has 0 atom stereocenters. The summed E-state index contributed by atoms with van der Waals surface area (Å²) in [6.45, 7) is 6.22. The maximum atomic E-state index is 11.8. The lowest BCUT2D eigenvalue weighted by Gasteiger charge is -2.20. The summed E-state index contributed by atoms with van der Waals surface area (Å²) in [6, 6.07) is 11.4. The van der Waals surface area contributed by atoms with Gasteiger partial charge in [0.15, 0.2) is 0 Å². The fraction of sp³-hybridized carbons (Fsp3) is 0.235. The molecule has 0 aliphatic heterocycles. The van der Waals surface area contributed by atoms with Crippen LogP contribution in [0.4, 0.5) is 5.69 Å². The highest BCUT2D eigenvalue weighted by Gasteiger charge is 2.02. The van der Waals surface area contributed by atoms with Crippen molar-refractivity contribution in [2.75, 3.05) is 18.0 Å². The molecule has 1 amide bonds. The third-order valence-electron chi connectivity index (χ3n) is 3.34. The van der Waals surface area contributed by atoms with E-state index in [1.165, 1.54) is 5.69 Å². The van der Waals surface area contributed by atoms with Crippen molar-refractivity contribution in [1.82, 2.24) is 10.4 Å². The molecule has 0 saturated carbocycles. The summed E-state index contributed by atoms with van der Waals surface area (Å²) in [5.41, 5.74) is 5.15. The van der Waals surface area contributed by atoms with E-state index in [0.29, 0.717) is 5.56 Å². The first-order valence-corrected chi connectivity index (χ1v) is 7.33. The number of hydrogen-bond acceptors (Lipinski definition) is 4. The van der Waals surface area contributed by atoms with Crippen molar-refractivity contribution in [2.24, 2.45) is 5.10 Å². The van der Waals surface area contributed by atoms with E-state index in [-0.39, 0.29) is 11.4 Å². The molecule has 0 aliphatic rings. The summed E-state index contributed by atoms with van der Waals surface area (Å²) in [6.07, 6.45) is 4.78. The van der Waals surface area contributed by atoms with Gasteiger partial charge in [-0.3, -0.25) is 9.78 Å². The number of nitrogens with zero attached hydrogens (tertiary/aromatic N) is 3. The molecular formula is C17H22N4O2. The van der Waals surface area contributed by atoms with Gasteiger partial charge in [-0.2, -0.15) is 5.10 Å². The van der Waals surface area contributed by atoms with E-state index >= 15 is 0 Å². The molecule has 1 aromatic carbocycles. The molecule has 3 N–H and O–H groups in total. The number of carbonyl (C=O) groups excluding carboxylic acids is 1. The SMILES string of the molecule is CCN(CC)c1ccc(/C=N/NC(=O)c2ccncc2)cc1.O. The minimum Gasteiger partial charge on any atom is -0.412 e. The second-order valence-corrected chi connectivity index (χ2v) is 4.70. The second kappa shape index (κ2) is 9.32. The van der Waals surface area contributed by atoms with E-state index < -0.39 is 0 Å². The number of pyridine rings is 1. The molecule has 6 nitrogen and oxygen atoms in total. The predicted octanol–water partition coefficient (Wildman–Crippen LogP) is 1.87. The Labute approximate surface area is 136 Å². The summed E-state index contributed by atoms with van der Waals surface area (Å²) >= 11 is 0. The van der Waals surface area contributed by atoms with Crippen LogP contribution in [0.1, 0.15) is 29.8 Å². The van der Waals surface area contributed by atoms with Gasteiger partial charge in [0.1, 0.15) is 0 Å². The van der Waals surface area contributed by atoms with E-state index in [4.69, 9.17) is 0 Å². The third kappa shape index (κ3) is 5.19. The van der Waals surface area contributed by atoms with Crippen molar-refractivity contribution in [3.05, 3.63) is 59.9 Å². The largest absolute Gasteiger partial charge is 0.412 e. The normalized spacial score (nSPS) is 10.2. The van der Waals surface area contributed by atoms with Crippen molar-refractivity contribution in [1.29, 1.82) is 0 Å². The first-order chi connectivity index (χ1) is 10.7. The van der Waals surface area contributed by atoms with Crippen LogP contribution in [0.25, 0.3) is 0 Å². The fourth-order valence-electron chi connectivity index (χ4n) is 2.09. The van der Waals surface area contributed by atoms with Gasteiger partial charge >= 0.3 is 0 Å². The summed E-state index contributed by atoms with van der Waals surface area (Å²) in [4.78, 5) is 17.9. The van der Waals surface area contributed by atoms with Gasteiger partial charge in [-0.15, -0.1) is 0 Å². The summed E-state index contributed by atoms with van der Waals surface area (Å²) < 4.78 is 0. The van der Waals surface area contributed by atoms with Crippen molar-refractivity contribution >= 4 is 17.8 Å². The average molecular weight is 314 g/mol. The van der Waals surface area contributed by atoms with Gasteiger partial charge < -0.3 is 10.4 Å². The summed E-state index contributed by atoms with van der Waals surface area (Å²) in [7, 11) is 0. The van der Waals surface area contributed by atoms with Crippen LogP contribution in [0.5, 0.6) is 0 Å². The lowest BCUT2D eigenvalue weighted by Crippen LogP contribution is -2.21. The van der Waals surface area contributed by atoms with Crippen molar-refractivity contribution in [3.8, 4) is 0 Å². The van der Waals surface area contributed by atoms with Crippen LogP contribution in [0, 0.1) is 0 Å². The molecule has 1 heterocycles. The van der Waals surface area contributed by atoms with Crippen LogP contribution >= 0.6 is 0 Å². The zero-order chi connectivity index (χ0) is 15.8. The Balaban J connectivity index is 0.00000264. The van der Waals surface area contributed by atoms with E-state index in [1.54, 1.807) is 30.7 Å². The standard InChI is InChI=1S/C17H20N4O.H2O/c1-3-21(4-2)16-7-5-14(6-8-16)13-19-20-17(22)15-9-11-18-12-10-15;/h5-13H,3-4H2,1-2H3,(H,20,22);1H2/b19-13+;. The van der Waals surface area contributed by atoms with Crippen LogP contribution in [0.3, 0.4) is 0 Å². The zero-order valence-electron chi connectivity index (χ0n) is 13.4.